The van der Waals surface area contributed by atoms with E-state index in [0.29, 0.717) is 13.1 Å². The monoisotopic (exact) mass is 266 g/mol. The highest BCUT2D eigenvalue weighted by Gasteiger charge is 2.30. The summed E-state index contributed by atoms with van der Waals surface area (Å²) in [6, 6.07) is -0.245. The van der Waals surface area contributed by atoms with Crippen LogP contribution in [0.2, 0.25) is 0 Å². The lowest BCUT2D eigenvalue weighted by atomic mass is 10.1. The van der Waals surface area contributed by atoms with Gasteiger partial charge in [0.05, 0.1) is 6.42 Å². The van der Waals surface area contributed by atoms with E-state index in [1.54, 1.807) is 4.90 Å². The molecule has 0 radical (unpaired) electrons. The molecule has 19 heavy (non-hydrogen) atoms. The summed E-state index contributed by atoms with van der Waals surface area (Å²) in [6.07, 6.45) is 8.48. The maximum absolute atomic E-state index is 12.0. The Bertz CT molecular complexity index is 379. The van der Waals surface area contributed by atoms with E-state index in [1.807, 2.05) is 0 Å². The molecule has 0 aromatic heterocycles. The van der Waals surface area contributed by atoms with Crippen molar-refractivity contribution in [3.05, 3.63) is 11.6 Å². The first-order chi connectivity index (χ1) is 9.16. The Kier molecular flexibility index (Phi) is 4.82. The minimum absolute atomic E-state index is 0.0541. The third-order valence-corrected chi connectivity index (χ3v) is 3.91. The molecule has 1 heterocycles. The molecular formula is C14H22N2O3. The van der Waals surface area contributed by atoms with Gasteiger partial charge in [-0.25, -0.2) is 4.79 Å². The van der Waals surface area contributed by atoms with E-state index in [1.165, 1.54) is 12.0 Å². The number of hydrogen-bond donors (Lipinski definition) is 2. The number of urea groups is 1. The van der Waals surface area contributed by atoms with Crippen LogP contribution in [0, 0.1) is 0 Å². The molecule has 5 heteroatoms. The Morgan fingerprint density at radius 1 is 1.42 bits per heavy atom. The summed E-state index contributed by atoms with van der Waals surface area (Å²) in [6.45, 7) is 1.33. The van der Waals surface area contributed by atoms with Crippen LogP contribution in [-0.2, 0) is 4.79 Å². The summed E-state index contributed by atoms with van der Waals surface area (Å²) in [5.41, 5.74) is 1.43. The van der Waals surface area contributed by atoms with E-state index >= 15 is 0 Å². The van der Waals surface area contributed by atoms with Crippen LogP contribution in [0.25, 0.3) is 0 Å². The number of carboxylic acid groups (broad SMARTS) is 1. The maximum atomic E-state index is 12.0. The molecule has 1 atom stereocenters. The highest BCUT2D eigenvalue weighted by Crippen LogP contribution is 2.21. The van der Waals surface area contributed by atoms with E-state index in [-0.39, 0.29) is 18.5 Å². The number of aliphatic carboxylic acids is 1. The van der Waals surface area contributed by atoms with Crippen molar-refractivity contribution in [3.8, 4) is 0 Å². The van der Waals surface area contributed by atoms with Gasteiger partial charge >= 0.3 is 12.0 Å². The summed E-state index contributed by atoms with van der Waals surface area (Å²) in [5.74, 6) is -0.833. The molecule has 0 spiro atoms. The van der Waals surface area contributed by atoms with Gasteiger partial charge in [0, 0.05) is 19.1 Å². The third kappa shape index (κ3) is 3.98. The molecule has 2 aliphatic rings. The van der Waals surface area contributed by atoms with Gasteiger partial charge in [0.2, 0.25) is 0 Å². The Hall–Kier alpha value is -1.52. The van der Waals surface area contributed by atoms with E-state index < -0.39 is 5.97 Å². The van der Waals surface area contributed by atoms with Gasteiger partial charge in [0.1, 0.15) is 0 Å². The zero-order valence-corrected chi connectivity index (χ0v) is 11.2. The van der Waals surface area contributed by atoms with Crippen LogP contribution in [0.3, 0.4) is 0 Å². The average Bonchev–Trinajstić information content (AvgIpc) is 2.99. The topological polar surface area (TPSA) is 69.6 Å². The molecule has 0 aromatic carbocycles. The van der Waals surface area contributed by atoms with E-state index in [2.05, 4.69) is 11.4 Å². The lowest BCUT2D eigenvalue weighted by molar-refractivity contribution is -0.137. The molecule has 1 saturated heterocycles. The van der Waals surface area contributed by atoms with Crippen molar-refractivity contribution in [2.24, 2.45) is 0 Å². The molecule has 2 amide bonds. The van der Waals surface area contributed by atoms with Crippen molar-refractivity contribution in [3.63, 3.8) is 0 Å². The van der Waals surface area contributed by atoms with Crippen LogP contribution in [0.5, 0.6) is 0 Å². The van der Waals surface area contributed by atoms with Crippen molar-refractivity contribution < 1.29 is 14.7 Å². The lowest BCUT2D eigenvalue weighted by Crippen LogP contribution is -2.43. The van der Waals surface area contributed by atoms with Crippen molar-refractivity contribution in [2.45, 2.75) is 51.0 Å². The van der Waals surface area contributed by atoms with Gasteiger partial charge in [0.15, 0.2) is 0 Å². The van der Waals surface area contributed by atoms with Crippen molar-refractivity contribution in [2.75, 3.05) is 13.1 Å². The number of carbonyl (C=O) groups is 2. The number of hydrogen-bond acceptors (Lipinski definition) is 2. The van der Waals surface area contributed by atoms with Gasteiger partial charge in [-0.3, -0.25) is 4.79 Å². The average molecular weight is 266 g/mol. The molecule has 1 aliphatic carbocycles. The molecule has 0 bridgehead atoms. The SMILES string of the molecule is O=C(O)CC1CCCN1C(=O)NCCC1=CCCC1. The van der Waals surface area contributed by atoms with Gasteiger partial charge in [0.25, 0.3) is 0 Å². The van der Waals surface area contributed by atoms with Gasteiger partial charge in [-0.15, -0.1) is 0 Å². The first-order valence-electron chi connectivity index (χ1n) is 7.11. The predicted molar refractivity (Wildman–Crippen MR) is 71.9 cm³/mol. The quantitative estimate of drug-likeness (QED) is 0.749. The predicted octanol–water partition coefficient (Wildman–Crippen LogP) is 2.14. The number of allylic oxidation sites excluding steroid dienone is 1. The number of amides is 2. The molecule has 0 saturated carbocycles. The number of carbonyl (C=O) groups excluding carboxylic acids is 1. The first-order valence-corrected chi connectivity index (χ1v) is 7.11. The number of carboxylic acids is 1. The van der Waals surface area contributed by atoms with E-state index in [9.17, 15) is 9.59 Å². The highest BCUT2D eigenvalue weighted by molar-refractivity contribution is 5.76. The Morgan fingerprint density at radius 2 is 2.26 bits per heavy atom. The fraction of sp³-hybridized carbons (Fsp3) is 0.714. The Labute approximate surface area is 113 Å². The number of likely N-dealkylation sites (tertiary alicyclic amines) is 1. The normalized spacial score (nSPS) is 22.4. The van der Waals surface area contributed by atoms with Crippen LogP contribution in [-0.4, -0.2) is 41.1 Å². The summed E-state index contributed by atoms with van der Waals surface area (Å²) in [5, 5.41) is 11.7. The van der Waals surface area contributed by atoms with Crippen molar-refractivity contribution >= 4 is 12.0 Å². The maximum Gasteiger partial charge on any atom is 0.317 e. The number of nitrogens with one attached hydrogen (secondary N) is 1. The second-order valence-electron chi connectivity index (χ2n) is 5.32. The summed E-state index contributed by atoms with van der Waals surface area (Å²) < 4.78 is 0. The molecule has 0 aromatic rings. The van der Waals surface area contributed by atoms with Crippen LogP contribution < -0.4 is 5.32 Å². The van der Waals surface area contributed by atoms with Crippen molar-refractivity contribution in [1.29, 1.82) is 0 Å². The molecule has 1 fully saturated rings. The Balaban J connectivity index is 1.73. The minimum Gasteiger partial charge on any atom is -0.481 e. The summed E-state index contributed by atoms with van der Waals surface area (Å²) in [7, 11) is 0. The van der Waals surface area contributed by atoms with Crippen LogP contribution in [0.15, 0.2) is 11.6 Å². The smallest absolute Gasteiger partial charge is 0.317 e. The fourth-order valence-electron chi connectivity index (χ4n) is 2.91. The lowest BCUT2D eigenvalue weighted by Gasteiger charge is -2.23. The minimum atomic E-state index is -0.833. The second-order valence-corrected chi connectivity index (χ2v) is 5.32. The zero-order valence-electron chi connectivity index (χ0n) is 11.2. The van der Waals surface area contributed by atoms with Gasteiger partial charge < -0.3 is 15.3 Å². The zero-order chi connectivity index (χ0) is 13.7. The second kappa shape index (κ2) is 6.59. The molecule has 1 unspecified atom stereocenters. The fourth-order valence-corrected chi connectivity index (χ4v) is 2.91. The summed E-state index contributed by atoms with van der Waals surface area (Å²) in [4.78, 5) is 24.4. The number of rotatable bonds is 5. The molecule has 2 N–H and O–H groups in total. The van der Waals surface area contributed by atoms with E-state index in [4.69, 9.17) is 5.11 Å². The Morgan fingerprint density at radius 3 is 2.95 bits per heavy atom. The molecule has 106 valence electrons. The van der Waals surface area contributed by atoms with Gasteiger partial charge in [-0.1, -0.05) is 11.6 Å². The van der Waals surface area contributed by atoms with Gasteiger partial charge in [-0.05, 0) is 38.5 Å². The van der Waals surface area contributed by atoms with Crippen LogP contribution in [0.4, 0.5) is 4.79 Å². The first kappa shape index (κ1) is 13.9. The highest BCUT2D eigenvalue weighted by atomic mass is 16.4. The molecule has 5 nitrogen and oxygen atoms in total. The van der Waals surface area contributed by atoms with Crippen molar-refractivity contribution in [1.82, 2.24) is 10.2 Å². The van der Waals surface area contributed by atoms with E-state index in [0.717, 1.165) is 32.1 Å². The largest absolute Gasteiger partial charge is 0.481 e. The van der Waals surface area contributed by atoms with Crippen LogP contribution >= 0.6 is 0 Å². The van der Waals surface area contributed by atoms with Gasteiger partial charge in [-0.2, -0.15) is 0 Å². The standard InChI is InChI=1S/C14H22N2O3/c17-13(18)10-12-6-3-9-16(12)14(19)15-8-7-11-4-1-2-5-11/h4,12H,1-3,5-10H2,(H,15,19)(H,17,18). The summed E-state index contributed by atoms with van der Waals surface area (Å²) >= 11 is 0. The molecule has 1 aliphatic heterocycles. The molecular weight excluding hydrogens is 244 g/mol. The van der Waals surface area contributed by atoms with Crippen LogP contribution in [0.1, 0.15) is 44.9 Å². The molecule has 2 rings (SSSR count). The number of nitrogens with zero attached hydrogens (tertiary/aromatic N) is 1. The third-order valence-electron chi connectivity index (χ3n) is 3.91.